The Labute approximate surface area is 113 Å². The van der Waals surface area contributed by atoms with E-state index in [9.17, 15) is 4.79 Å². The minimum Gasteiger partial charge on any atom is -0.444 e. The molecule has 2 aliphatic heterocycles. The molecular formula is C13H19ClN2O2. The summed E-state index contributed by atoms with van der Waals surface area (Å²) in [6, 6.07) is 0. The zero-order chi connectivity index (χ0) is 13.3. The summed E-state index contributed by atoms with van der Waals surface area (Å²) in [5, 5.41) is 0. The van der Waals surface area contributed by atoms with E-state index in [1.165, 1.54) is 5.57 Å². The van der Waals surface area contributed by atoms with Crippen molar-refractivity contribution < 1.29 is 9.53 Å². The van der Waals surface area contributed by atoms with Crippen molar-refractivity contribution in [3.05, 3.63) is 11.1 Å². The van der Waals surface area contributed by atoms with Crippen LogP contribution in [-0.4, -0.2) is 47.8 Å². The molecule has 4 nitrogen and oxygen atoms in total. The van der Waals surface area contributed by atoms with Gasteiger partial charge in [0.05, 0.1) is 24.7 Å². The van der Waals surface area contributed by atoms with Crippen LogP contribution >= 0.6 is 11.6 Å². The van der Waals surface area contributed by atoms with Crippen LogP contribution in [0.2, 0.25) is 0 Å². The van der Waals surface area contributed by atoms with Crippen LogP contribution in [0.15, 0.2) is 16.1 Å². The highest BCUT2D eigenvalue weighted by atomic mass is 35.5. The molecule has 2 heterocycles. The minimum absolute atomic E-state index is 0.255. The number of halogens is 1. The van der Waals surface area contributed by atoms with Gasteiger partial charge >= 0.3 is 6.09 Å². The first-order chi connectivity index (χ1) is 8.40. The summed E-state index contributed by atoms with van der Waals surface area (Å²) in [6.07, 6.45) is 0.619. The molecule has 5 heteroatoms. The molecule has 0 atom stereocenters. The Morgan fingerprint density at radius 3 is 2.83 bits per heavy atom. The number of aliphatic imine (C=N–C) groups is 1. The zero-order valence-corrected chi connectivity index (χ0v) is 11.9. The molecule has 0 saturated carbocycles. The lowest BCUT2D eigenvalue weighted by atomic mass is 10.00. The van der Waals surface area contributed by atoms with E-state index >= 15 is 0 Å². The molecule has 0 aromatic carbocycles. The van der Waals surface area contributed by atoms with E-state index in [1.54, 1.807) is 4.90 Å². The summed E-state index contributed by atoms with van der Waals surface area (Å²) in [6.45, 7) is 7.66. The maximum Gasteiger partial charge on any atom is 0.410 e. The highest BCUT2D eigenvalue weighted by Crippen LogP contribution is 2.26. The molecule has 18 heavy (non-hydrogen) atoms. The predicted molar refractivity (Wildman–Crippen MR) is 72.5 cm³/mol. The van der Waals surface area contributed by atoms with Crippen molar-refractivity contribution in [3.63, 3.8) is 0 Å². The zero-order valence-electron chi connectivity index (χ0n) is 11.1. The van der Waals surface area contributed by atoms with E-state index in [2.05, 4.69) is 4.99 Å². The molecule has 0 saturated heterocycles. The summed E-state index contributed by atoms with van der Waals surface area (Å²) in [4.78, 5) is 18.1. The first-order valence-electron chi connectivity index (χ1n) is 6.19. The van der Waals surface area contributed by atoms with Gasteiger partial charge in [0.2, 0.25) is 0 Å². The van der Waals surface area contributed by atoms with E-state index in [0.29, 0.717) is 19.0 Å². The molecule has 0 aromatic heterocycles. The van der Waals surface area contributed by atoms with Gasteiger partial charge in [-0.25, -0.2) is 4.79 Å². The first-order valence-corrected chi connectivity index (χ1v) is 6.72. The number of nitrogens with zero attached hydrogens (tertiary/aromatic N) is 2. The number of ether oxygens (including phenoxy) is 1. The SMILES string of the molecule is CC(C)(C)OC(=O)N1CCC2=C(C1)C(CCl)=NC2. The number of carbonyl (C=O) groups excluding carboxylic acids is 1. The van der Waals surface area contributed by atoms with Crippen LogP contribution in [-0.2, 0) is 4.74 Å². The van der Waals surface area contributed by atoms with Crippen LogP contribution in [0, 0.1) is 0 Å². The third-order valence-corrected chi connectivity index (χ3v) is 3.30. The smallest absolute Gasteiger partial charge is 0.410 e. The molecule has 100 valence electrons. The van der Waals surface area contributed by atoms with Crippen LogP contribution in [0.5, 0.6) is 0 Å². The molecule has 0 N–H and O–H groups in total. The Bertz CT molecular complexity index is 421. The molecule has 0 spiro atoms. The highest BCUT2D eigenvalue weighted by Gasteiger charge is 2.30. The fourth-order valence-corrected chi connectivity index (χ4v) is 2.41. The van der Waals surface area contributed by atoms with Gasteiger partial charge in [-0.1, -0.05) is 0 Å². The van der Waals surface area contributed by atoms with Gasteiger partial charge in [0.1, 0.15) is 5.60 Å². The normalized spacial score (nSPS) is 19.8. The predicted octanol–water partition coefficient (Wildman–Crippen LogP) is 2.62. The van der Waals surface area contributed by atoms with Crippen molar-refractivity contribution in [1.82, 2.24) is 4.90 Å². The van der Waals surface area contributed by atoms with Crippen LogP contribution < -0.4 is 0 Å². The fraction of sp³-hybridized carbons (Fsp3) is 0.692. The van der Waals surface area contributed by atoms with Gasteiger partial charge < -0.3 is 9.64 Å². The van der Waals surface area contributed by atoms with Crippen molar-refractivity contribution in [2.45, 2.75) is 32.8 Å². The number of rotatable bonds is 1. The molecular weight excluding hydrogens is 252 g/mol. The van der Waals surface area contributed by atoms with Crippen molar-refractivity contribution >= 4 is 23.4 Å². The van der Waals surface area contributed by atoms with Gasteiger partial charge in [-0.3, -0.25) is 4.99 Å². The highest BCUT2D eigenvalue weighted by molar-refractivity contribution is 6.32. The number of alkyl halides is 1. The van der Waals surface area contributed by atoms with E-state index < -0.39 is 5.60 Å². The first kappa shape index (κ1) is 13.4. The lowest BCUT2D eigenvalue weighted by Crippen LogP contribution is -2.41. The Kier molecular flexibility index (Phi) is 3.66. The van der Waals surface area contributed by atoms with E-state index in [4.69, 9.17) is 16.3 Å². The average Bonchev–Trinajstić information content (AvgIpc) is 2.68. The lowest BCUT2D eigenvalue weighted by molar-refractivity contribution is 0.0263. The van der Waals surface area contributed by atoms with Crippen LogP contribution in [0.25, 0.3) is 0 Å². The molecule has 0 unspecified atom stereocenters. The maximum atomic E-state index is 12.0. The van der Waals surface area contributed by atoms with Crippen molar-refractivity contribution in [2.75, 3.05) is 25.5 Å². The molecule has 0 aromatic rings. The van der Waals surface area contributed by atoms with Gasteiger partial charge in [0, 0.05) is 6.54 Å². The second-order valence-electron chi connectivity index (χ2n) is 5.63. The summed E-state index contributed by atoms with van der Waals surface area (Å²) >= 11 is 5.86. The minimum atomic E-state index is -0.454. The van der Waals surface area contributed by atoms with Crippen LogP contribution in [0.1, 0.15) is 27.2 Å². The van der Waals surface area contributed by atoms with E-state index in [0.717, 1.165) is 24.3 Å². The standard InChI is InChI=1S/C13H19ClN2O2/c1-13(2,3)18-12(17)16-5-4-9-7-15-11(6-14)10(9)8-16/h4-8H2,1-3H3. The monoisotopic (exact) mass is 270 g/mol. The van der Waals surface area contributed by atoms with E-state index in [1.807, 2.05) is 20.8 Å². The van der Waals surface area contributed by atoms with Gasteiger partial charge in [-0.15, -0.1) is 11.6 Å². The topological polar surface area (TPSA) is 41.9 Å². The molecule has 0 aliphatic carbocycles. The van der Waals surface area contributed by atoms with Crippen LogP contribution in [0.3, 0.4) is 0 Å². The van der Waals surface area contributed by atoms with Crippen molar-refractivity contribution in [3.8, 4) is 0 Å². The maximum absolute atomic E-state index is 12.0. The Morgan fingerprint density at radius 2 is 2.22 bits per heavy atom. The number of amides is 1. The number of carbonyl (C=O) groups is 1. The largest absolute Gasteiger partial charge is 0.444 e. The summed E-state index contributed by atoms with van der Waals surface area (Å²) in [7, 11) is 0. The fourth-order valence-electron chi connectivity index (χ4n) is 2.16. The molecule has 0 radical (unpaired) electrons. The van der Waals surface area contributed by atoms with Gasteiger partial charge in [-0.05, 0) is 38.3 Å². The molecule has 2 aliphatic rings. The third kappa shape index (κ3) is 2.86. The van der Waals surface area contributed by atoms with Gasteiger partial charge in [-0.2, -0.15) is 0 Å². The molecule has 0 bridgehead atoms. The quantitative estimate of drug-likeness (QED) is 0.688. The third-order valence-electron chi connectivity index (χ3n) is 3.05. The van der Waals surface area contributed by atoms with Gasteiger partial charge in [0.25, 0.3) is 0 Å². The van der Waals surface area contributed by atoms with Crippen LogP contribution in [0.4, 0.5) is 4.79 Å². The Hall–Kier alpha value is -1.03. The lowest BCUT2D eigenvalue weighted by Gasteiger charge is -2.31. The van der Waals surface area contributed by atoms with Crippen molar-refractivity contribution in [2.24, 2.45) is 4.99 Å². The Balaban J connectivity index is 2.03. The second kappa shape index (κ2) is 4.92. The number of hydrogen-bond acceptors (Lipinski definition) is 3. The molecule has 0 fully saturated rings. The second-order valence-corrected chi connectivity index (χ2v) is 5.90. The Morgan fingerprint density at radius 1 is 1.50 bits per heavy atom. The summed E-state index contributed by atoms with van der Waals surface area (Å²) in [5.41, 5.74) is 2.94. The van der Waals surface area contributed by atoms with E-state index in [-0.39, 0.29) is 6.09 Å². The summed E-state index contributed by atoms with van der Waals surface area (Å²) < 4.78 is 5.39. The average molecular weight is 271 g/mol. The van der Waals surface area contributed by atoms with Gasteiger partial charge in [0.15, 0.2) is 0 Å². The summed E-state index contributed by atoms with van der Waals surface area (Å²) in [5.74, 6) is 0.418. The van der Waals surface area contributed by atoms with Crippen molar-refractivity contribution in [1.29, 1.82) is 0 Å². The molecule has 1 amide bonds. The molecule has 2 rings (SSSR count). The number of hydrogen-bond donors (Lipinski definition) is 0.